The Hall–Kier alpha value is -2.70. The van der Waals surface area contributed by atoms with Crippen LogP contribution in [0, 0.1) is 11.8 Å². The maximum absolute atomic E-state index is 15.1. The number of nitrogens with zero attached hydrogens (tertiary/aromatic N) is 3. The van der Waals surface area contributed by atoms with E-state index in [0.29, 0.717) is 0 Å². The molecule has 0 aromatic heterocycles. The average Bonchev–Trinajstić information content (AvgIpc) is 3.46. The fourth-order valence-corrected chi connectivity index (χ4v) is 7.26. The van der Waals surface area contributed by atoms with Gasteiger partial charge in [-0.15, -0.1) is 0 Å². The number of likely N-dealkylation sites (N-methyl/N-ethyl adjacent to an activating group) is 1. The van der Waals surface area contributed by atoms with Crippen LogP contribution in [0.15, 0.2) is 30.3 Å². The summed E-state index contributed by atoms with van der Waals surface area (Å²) in [5.41, 5.74) is -1.80. The molecule has 0 aliphatic carbocycles. The maximum Gasteiger partial charge on any atom is 0.313 e. The molecule has 2 aromatic carbocycles. The topological polar surface area (TPSA) is 99.3 Å². The van der Waals surface area contributed by atoms with Crippen LogP contribution in [0.2, 0.25) is 20.1 Å². The summed E-state index contributed by atoms with van der Waals surface area (Å²) in [6.45, 7) is -1.64. The zero-order valence-corrected chi connectivity index (χ0v) is 25.4. The number of rotatable bonds is 5. The van der Waals surface area contributed by atoms with Gasteiger partial charge >= 0.3 is 5.97 Å². The predicted octanol–water partition coefficient (Wildman–Crippen LogP) is 4.70. The first-order valence-electron chi connectivity index (χ1n) is 12.6. The molecule has 3 amide bonds. The first kappa shape index (κ1) is 30.7. The van der Waals surface area contributed by atoms with Crippen molar-refractivity contribution in [3.63, 3.8) is 0 Å². The Bertz CT molecular complexity index is 1510. The fourth-order valence-electron chi connectivity index (χ4n) is 6.20. The number of carbonyl (C=O) groups is 4. The van der Waals surface area contributed by atoms with E-state index in [1.807, 2.05) is 0 Å². The number of hydrogen-bond donors (Lipinski definition) is 1. The van der Waals surface area contributed by atoms with Gasteiger partial charge in [-0.1, -0.05) is 46.4 Å². The van der Waals surface area contributed by atoms with Crippen LogP contribution < -0.4 is 10.2 Å². The lowest BCUT2D eigenvalue weighted by atomic mass is 9.73. The van der Waals surface area contributed by atoms with Gasteiger partial charge < -0.3 is 19.9 Å². The molecule has 9 nitrogen and oxygen atoms in total. The van der Waals surface area contributed by atoms with E-state index in [-0.39, 0.29) is 37.0 Å². The monoisotopic (exact) mass is 662 g/mol. The first-order chi connectivity index (χ1) is 19.6. The Morgan fingerprint density at radius 3 is 2.26 bits per heavy atom. The Morgan fingerprint density at radius 1 is 1.02 bits per heavy atom. The van der Waals surface area contributed by atoms with Gasteiger partial charge in [0.25, 0.3) is 17.7 Å². The molecule has 0 bridgehead atoms. The van der Waals surface area contributed by atoms with Gasteiger partial charge in [0.1, 0.15) is 11.5 Å². The summed E-state index contributed by atoms with van der Waals surface area (Å²) in [5.74, 6) is -9.81. The molecule has 4 atom stereocenters. The van der Waals surface area contributed by atoms with Gasteiger partial charge in [0.05, 0.1) is 23.2 Å². The fraction of sp³-hybridized carbons (Fsp3) is 0.407. The number of alkyl halides is 2. The molecular weight excluding hydrogens is 640 g/mol. The number of benzene rings is 2. The molecule has 2 fully saturated rings. The summed E-state index contributed by atoms with van der Waals surface area (Å²) < 4.78 is 35.7. The van der Waals surface area contributed by atoms with Crippen molar-refractivity contribution in [1.29, 1.82) is 0 Å². The van der Waals surface area contributed by atoms with E-state index in [1.165, 1.54) is 61.3 Å². The number of amides is 3. The van der Waals surface area contributed by atoms with Crippen molar-refractivity contribution in [3.05, 3.63) is 56.0 Å². The number of fused-ring (bicyclic) bond motifs is 4. The standard InChI is InChI=1S/C27H24Cl4F2N4O5/c1-35(2)19(38)10-42-24(40)21-20(23(39)36(3)15-5-12(28)4-13(29)6-15)18-9-26(32,33)11-37(18)27(21)16-7-14(30)8-17(31)22(16)34-25(27)41/h4-8,18,20-21H,9-11H2,1-3H3,(H,34,41)/t18-,20+,21-,27+/m1/s1. The summed E-state index contributed by atoms with van der Waals surface area (Å²) in [7, 11) is 4.28. The van der Waals surface area contributed by atoms with E-state index in [2.05, 4.69) is 5.32 Å². The number of halogens is 6. The van der Waals surface area contributed by atoms with Crippen molar-refractivity contribution in [3.8, 4) is 0 Å². The minimum atomic E-state index is -3.31. The van der Waals surface area contributed by atoms with Crippen LogP contribution in [0.5, 0.6) is 0 Å². The molecule has 1 N–H and O–H groups in total. The zero-order valence-electron chi connectivity index (χ0n) is 22.4. The van der Waals surface area contributed by atoms with E-state index in [1.54, 1.807) is 0 Å². The quantitative estimate of drug-likeness (QED) is 0.466. The lowest BCUT2D eigenvalue weighted by Crippen LogP contribution is -2.55. The van der Waals surface area contributed by atoms with Crippen molar-refractivity contribution in [2.45, 2.75) is 23.9 Å². The summed E-state index contributed by atoms with van der Waals surface area (Å²) in [4.78, 5) is 58.0. The largest absolute Gasteiger partial charge is 0.455 e. The van der Waals surface area contributed by atoms with Gasteiger partial charge in [-0.25, -0.2) is 8.78 Å². The Morgan fingerprint density at radius 2 is 1.64 bits per heavy atom. The van der Waals surface area contributed by atoms with Crippen molar-refractivity contribution in [2.75, 3.05) is 44.5 Å². The lowest BCUT2D eigenvalue weighted by molar-refractivity contribution is -0.162. The molecular formula is C27H24Cl4F2N4O5. The highest BCUT2D eigenvalue weighted by Crippen LogP contribution is 2.61. The third-order valence-electron chi connectivity index (χ3n) is 7.98. The minimum Gasteiger partial charge on any atom is -0.455 e. The number of anilines is 2. The molecule has 1 spiro atoms. The molecule has 0 unspecified atom stereocenters. The molecule has 0 radical (unpaired) electrons. The Balaban J connectivity index is 1.71. The normalized spacial score (nSPS) is 25.6. The average molecular weight is 664 g/mol. The van der Waals surface area contributed by atoms with Gasteiger partial charge in [0.15, 0.2) is 6.61 Å². The first-order valence-corrected chi connectivity index (χ1v) is 14.2. The lowest BCUT2D eigenvalue weighted by Gasteiger charge is -2.36. The predicted molar refractivity (Wildman–Crippen MR) is 153 cm³/mol. The molecule has 224 valence electrons. The van der Waals surface area contributed by atoms with Gasteiger partial charge in [0, 0.05) is 59.9 Å². The molecule has 3 aliphatic heterocycles. The van der Waals surface area contributed by atoms with Crippen molar-refractivity contribution in [1.82, 2.24) is 9.80 Å². The molecule has 42 heavy (non-hydrogen) atoms. The highest BCUT2D eigenvalue weighted by atomic mass is 35.5. The Kier molecular flexibility index (Phi) is 7.89. The van der Waals surface area contributed by atoms with E-state index in [4.69, 9.17) is 51.1 Å². The Labute approximate surface area is 259 Å². The van der Waals surface area contributed by atoms with Crippen LogP contribution in [0.3, 0.4) is 0 Å². The number of nitrogens with one attached hydrogen (secondary N) is 1. The molecule has 5 rings (SSSR count). The number of carbonyl (C=O) groups excluding carboxylic acids is 4. The van der Waals surface area contributed by atoms with Gasteiger partial charge in [-0.2, -0.15) is 0 Å². The van der Waals surface area contributed by atoms with Crippen LogP contribution in [0.25, 0.3) is 0 Å². The molecule has 2 saturated heterocycles. The third kappa shape index (κ3) is 4.89. The molecule has 2 aromatic rings. The second-order valence-electron chi connectivity index (χ2n) is 10.7. The van der Waals surface area contributed by atoms with Crippen LogP contribution in [0.4, 0.5) is 20.2 Å². The van der Waals surface area contributed by atoms with Crippen LogP contribution in [-0.2, 0) is 29.5 Å². The summed E-state index contributed by atoms with van der Waals surface area (Å²) in [5, 5.41) is 3.12. The van der Waals surface area contributed by atoms with E-state index in [0.717, 1.165) is 4.90 Å². The molecule has 0 saturated carbocycles. The number of esters is 1. The van der Waals surface area contributed by atoms with Crippen LogP contribution in [-0.4, -0.2) is 79.7 Å². The third-order valence-corrected chi connectivity index (χ3v) is 8.93. The zero-order chi connectivity index (χ0) is 30.9. The second-order valence-corrected chi connectivity index (χ2v) is 12.4. The van der Waals surface area contributed by atoms with Crippen molar-refractivity contribution >= 4 is 81.5 Å². The minimum absolute atomic E-state index is 0.0144. The summed E-state index contributed by atoms with van der Waals surface area (Å²) >= 11 is 25.0. The summed E-state index contributed by atoms with van der Waals surface area (Å²) in [6, 6.07) is 5.75. The molecule has 15 heteroatoms. The van der Waals surface area contributed by atoms with Crippen molar-refractivity contribution < 1.29 is 32.7 Å². The number of ether oxygens (including phenoxy) is 1. The summed E-state index contributed by atoms with van der Waals surface area (Å²) in [6.07, 6.45) is -0.827. The van der Waals surface area contributed by atoms with Gasteiger partial charge in [-0.05, 0) is 30.3 Å². The smallest absolute Gasteiger partial charge is 0.313 e. The van der Waals surface area contributed by atoms with E-state index >= 15 is 8.78 Å². The number of hydrogen-bond acceptors (Lipinski definition) is 6. The molecule has 3 aliphatic rings. The van der Waals surface area contributed by atoms with Gasteiger partial charge in [0.2, 0.25) is 5.91 Å². The van der Waals surface area contributed by atoms with E-state index in [9.17, 15) is 19.2 Å². The van der Waals surface area contributed by atoms with Crippen LogP contribution >= 0.6 is 46.4 Å². The molecule has 3 heterocycles. The maximum atomic E-state index is 15.1. The SMILES string of the molecule is CN(C)C(=O)COC(=O)[C@H]1[C@@H](C(=O)N(C)c2cc(Cl)cc(Cl)c2)[C@H]2CC(F)(F)CN2[C@]12C(=O)Nc1c(Cl)cc(Cl)cc12. The van der Waals surface area contributed by atoms with Crippen LogP contribution in [0.1, 0.15) is 12.0 Å². The van der Waals surface area contributed by atoms with Gasteiger partial charge in [-0.3, -0.25) is 24.1 Å². The second kappa shape index (κ2) is 10.8. The van der Waals surface area contributed by atoms with E-state index < -0.39 is 72.6 Å². The van der Waals surface area contributed by atoms with Crippen molar-refractivity contribution in [2.24, 2.45) is 11.8 Å². The highest BCUT2D eigenvalue weighted by molar-refractivity contribution is 6.38. The highest BCUT2D eigenvalue weighted by Gasteiger charge is 2.75.